The quantitative estimate of drug-likeness (QED) is 0.742. The van der Waals surface area contributed by atoms with Crippen LogP contribution in [0, 0.1) is 10.8 Å². The van der Waals surface area contributed by atoms with E-state index in [0.29, 0.717) is 32.7 Å². The largest absolute Gasteiger partial charge is 0.345 e. The van der Waals surface area contributed by atoms with E-state index >= 15 is 0 Å². The molecular formula is C16H21N3O4S. The van der Waals surface area contributed by atoms with Crippen LogP contribution in [0.3, 0.4) is 0 Å². The van der Waals surface area contributed by atoms with Crippen molar-refractivity contribution in [1.82, 2.24) is 14.4 Å². The van der Waals surface area contributed by atoms with Crippen molar-refractivity contribution in [3.8, 4) is 0 Å². The third kappa shape index (κ3) is 2.44. The zero-order valence-electron chi connectivity index (χ0n) is 13.6. The molecule has 0 bridgehead atoms. The van der Waals surface area contributed by atoms with Crippen LogP contribution in [0.1, 0.15) is 6.92 Å². The molecule has 130 valence electrons. The Morgan fingerprint density at radius 3 is 2.08 bits per heavy atom. The summed E-state index contributed by atoms with van der Waals surface area (Å²) >= 11 is 0. The molecule has 7 nitrogen and oxygen atoms in total. The summed E-state index contributed by atoms with van der Waals surface area (Å²) in [6.07, 6.45) is 3.73. The highest BCUT2D eigenvalue weighted by molar-refractivity contribution is 7.93. The number of carbonyl (C=O) groups is 2. The van der Waals surface area contributed by atoms with Crippen LogP contribution in [0.15, 0.2) is 24.5 Å². The lowest BCUT2D eigenvalue weighted by atomic mass is 9.71. The van der Waals surface area contributed by atoms with E-state index < -0.39 is 15.3 Å². The normalized spacial score (nSPS) is 25.5. The maximum Gasteiger partial charge on any atom is 0.242 e. The Balaban J connectivity index is 1.27. The summed E-state index contributed by atoms with van der Waals surface area (Å²) in [5, 5.41) is 0. The molecule has 3 aliphatic rings. The maximum absolute atomic E-state index is 12.4. The van der Waals surface area contributed by atoms with E-state index in [0.717, 1.165) is 0 Å². The Labute approximate surface area is 141 Å². The van der Waals surface area contributed by atoms with Gasteiger partial charge in [-0.2, -0.15) is 0 Å². The Kier molecular flexibility index (Phi) is 3.16. The second kappa shape index (κ2) is 4.84. The van der Waals surface area contributed by atoms with Gasteiger partial charge in [0, 0.05) is 44.0 Å². The van der Waals surface area contributed by atoms with Gasteiger partial charge in [0.1, 0.15) is 6.54 Å². The summed E-state index contributed by atoms with van der Waals surface area (Å²) in [6.45, 7) is 4.72. The lowest BCUT2D eigenvalue weighted by molar-refractivity contribution is -0.173. The maximum atomic E-state index is 12.4. The topological polar surface area (TPSA) is 79.7 Å². The van der Waals surface area contributed by atoms with Gasteiger partial charge in [-0.25, -0.2) is 8.42 Å². The summed E-state index contributed by atoms with van der Waals surface area (Å²) in [5.41, 5.74) is -0.713. The molecule has 0 aliphatic carbocycles. The fourth-order valence-corrected chi connectivity index (χ4v) is 6.32. The van der Waals surface area contributed by atoms with Gasteiger partial charge in [-0.1, -0.05) is 0 Å². The SMILES string of the molecule is CC1(C(=O)N2CC3(CN(C(=O)Cn4cccc4)C3)C2)CS(=O)(=O)C1. The number of rotatable bonds is 3. The highest BCUT2D eigenvalue weighted by atomic mass is 32.2. The summed E-state index contributed by atoms with van der Waals surface area (Å²) in [4.78, 5) is 28.2. The van der Waals surface area contributed by atoms with Gasteiger partial charge in [0.25, 0.3) is 0 Å². The van der Waals surface area contributed by atoms with E-state index in [1.165, 1.54) is 0 Å². The second-order valence-corrected chi connectivity index (χ2v) is 9.92. The molecule has 4 rings (SSSR count). The van der Waals surface area contributed by atoms with Crippen molar-refractivity contribution in [3.05, 3.63) is 24.5 Å². The van der Waals surface area contributed by atoms with Crippen LogP contribution in [0.25, 0.3) is 0 Å². The lowest BCUT2D eigenvalue weighted by Crippen LogP contribution is -2.75. The van der Waals surface area contributed by atoms with E-state index in [1.54, 1.807) is 11.8 Å². The Hall–Kier alpha value is -1.83. The highest BCUT2D eigenvalue weighted by Crippen LogP contribution is 2.43. The summed E-state index contributed by atoms with van der Waals surface area (Å²) < 4.78 is 24.6. The van der Waals surface area contributed by atoms with Crippen LogP contribution in [0.4, 0.5) is 0 Å². The van der Waals surface area contributed by atoms with Crippen LogP contribution >= 0.6 is 0 Å². The average molecular weight is 351 g/mol. The van der Waals surface area contributed by atoms with Gasteiger partial charge in [0.15, 0.2) is 9.84 Å². The fraction of sp³-hybridized carbons (Fsp3) is 0.625. The Morgan fingerprint density at radius 2 is 1.54 bits per heavy atom. The molecule has 0 unspecified atom stereocenters. The molecule has 1 spiro atoms. The van der Waals surface area contributed by atoms with Gasteiger partial charge in [0.2, 0.25) is 11.8 Å². The molecule has 1 aromatic heterocycles. The first-order chi connectivity index (χ1) is 11.2. The van der Waals surface area contributed by atoms with Crippen LogP contribution in [-0.4, -0.2) is 72.3 Å². The van der Waals surface area contributed by atoms with E-state index in [9.17, 15) is 18.0 Å². The predicted octanol–water partition coefficient (Wildman–Crippen LogP) is -0.406. The average Bonchev–Trinajstić information content (AvgIpc) is 2.85. The first-order valence-corrected chi connectivity index (χ1v) is 9.91. The number of sulfone groups is 1. The molecule has 0 aromatic carbocycles. The monoisotopic (exact) mass is 351 g/mol. The van der Waals surface area contributed by atoms with Crippen molar-refractivity contribution in [2.75, 3.05) is 37.7 Å². The number of hydrogen-bond donors (Lipinski definition) is 0. The van der Waals surface area contributed by atoms with Crippen LogP contribution in [-0.2, 0) is 26.0 Å². The molecule has 3 aliphatic heterocycles. The molecule has 2 amide bonds. The molecule has 1 aromatic rings. The molecule has 0 radical (unpaired) electrons. The number of nitrogens with zero attached hydrogens (tertiary/aromatic N) is 3. The van der Waals surface area contributed by atoms with Crippen molar-refractivity contribution in [2.45, 2.75) is 13.5 Å². The molecule has 0 saturated carbocycles. The van der Waals surface area contributed by atoms with Crippen LogP contribution in [0.5, 0.6) is 0 Å². The van der Waals surface area contributed by atoms with E-state index in [-0.39, 0.29) is 28.7 Å². The second-order valence-electron chi connectivity index (χ2n) is 7.86. The van der Waals surface area contributed by atoms with Gasteiger partial charge in [0.05, 0.1) is 16.9 Å². The molecule has 3 saturated heterocycles. The molecule has 24 heavy (non-hydrogen) atoms. The van der Waals surface area contributed by atoms with Crippen molar-refractivity contribution < 1.29 is 18.0 Å². The Morgan fingerprint density at radius 1 is 1.00 bits per heavy atom. The van der Waals surface area contributed by atoms with E-state index in [1.807, 2.05) is 34.0 Å². The summed E-state index contributed by atoms with van der Waals surface area (Å²) in [7, 11) is -3.02. The van der Waals surface area contributed by atoms with Gasteiger partial charge in [-0.15, -0.1) is 0 Å². The molecular weight excluding hydrogens is 330 g/mol. The molecule has 4 heterocycles. The lowest BCUT2D eigenvalue weighted by Gasteiger charge is -2.61. The summed E-state index contributed by atoms with van der Waals surface area (Å²) in [5.74, 6) is -0.0353. The highest BCUT2D eigenvalue weighted by Gasteiger charge is 2.59. The molecule has 0 atom stereocenters. The third-order valence-corrected chi connectivity index (χ3v) is 7.48. The van der Waals surface area contributed by atoms with E-state index in [4.69, 9.17) is 0 Å². The van der Waals surface area contributed by atoms with Gasteiger partial charge >= 0.3 is 0 Å². The zero-order valence-corrected chi connectivity index (χ0v) is 14.5. The minimum absolute atomic E-state index is 0.0288. The number of hydrogen-bond acceptors (Lipinski definition) is 4. The molecule has 3 fully saturated rings. The standard InChI is InChI=1S/C16H21N3O4S/c1-15(11-24(22,23)12-15)14(21)19-9-16(10-19)7-18(8-16)13(20)6-17-4-2-3-5-17/h2-5H,6-12H2,1H3. The van der Waals surface area contributed by atoms with Gasteiger partial charge in [-0.05, 0) is 19.1 Å². The zero-order chi connectivity index (χ0) is 17.2. The number of amides is 2. The van der Waals surface area contributed by atoms with Crippen molar-refractivity contribution >= 4 is 21.7 Å². The third-order valence-electron chi connectivity index (χ3n) is 5.32. The van der Waals surface area contributed by atoms with Crippen LogP contribution < -0.4 is 0 Å². The van der Waals surface area contributed by atoms with Gasteiger partial charge < -0.3 is 14.4 Å². The van der Waals surface area contributed by atoms with Gasteiger partial charge in [-0.3, -0.25) is 9.59 Å². The number of aromatic nitrogens is 1. The van der Waals surface area contributed by atoms with Crippen molar-refractivity contribution in [3.63, 3.8) is 0 Å². The minimum atomic E-state index is -3.02. The molecule has 0 N–H and O–H groups in total. The summed E-state index contributed by atoms with van der Waals surface area (Å²) in [6, 6.07) is 3.78. The smallest absolute Gasteiger partial charge is 0.242 e. The Bertz CT molecular complexity index is 773. The first kappa shape index (κ1) is 15.7. The number of likely N-dealkylation sites (tertiary alicyclic amines) is 2. The molecule has 8 heteroatoms. The van der Waals surface area contributed by atoms with Crippen LogP contribution in [0.2, 0.25) is 0 Å². The number of carbonyl (C=O) groups excluding carboxylic acids is 2. The van der Waals surface area contributed by atoms with Crippen molar-refractivity contribution in [2.24, 2.45) is 10.8 Å². The fourth-order valence-electron chi connectivity index (χ4n) is 4.21. The predicted molar refractivity (Wildman–Crippen MR) is 86.8 cm³/mol. The minimum Gasteiger partial charge on any atom is -0.345 e. The first-order valence-electron chi connectivity index (χ1n) is 8.09. The van der Waals surface area contributed by atoms with Crippen molar-refractivity contribution in [1.29, 1.82) is 0 Å². The van der Waals surface area contributed by atoms with E-state index in [2.05, 4.69) is 0 Å².